The summed E-state index contributed by atoms with van der Waals surface area (Å²) in [7, 11) is 10.8. The molecule has 0 aliphatic carbocycles. The summed E-state index contributed by atoms with van der Waals surface area (Å²) in [6, 6.07) is 0. The second-order valence-electron chi connectivity index (χ2n) is 20.6. The third-order valence-corrected chi connectivity index (χ3v) is 15.3. The Morgan fingerprint density at radius 2 is 0.652 bits per heavy atom. The first-order valence-corrected chi connectivity index (χ1v) is 23.0. The SMILES string of the molecule is CN=C(CCCC(=O)C1(C)C(C)(C)OC(=O)OC1(C)C)NC.CN=C(CCCC(=O)C1(C)C(C)(C)OC(=O)OC1(C)C)NC.CNC(CCCC(=O)C1(C)C(C)(C)OC(=O)OC1(C)C)NC. The Kier molecular flexibility index (Phi) is 20.5. The van der Waals surface area contributed by atoms with Crippen LogP contribution in [0.25, 0.3) is 0 Å². The fraction of sp³-hybridized carbons (Fsp3) is 0.833. The van der Waals surface area contributed by atoms with E-state index in [2.05, 4.69) is 31.3 Å². The average molecular weight is 939 g/mol. The Balaban J connectivity index is 0.000000495. The van der Waals surface area contributed by atoms with Gasteiger partial charge in [-0.15, -0.1) is 0 Å². The lowest BCUT2D eigenvalue weighted by Crippen LogP contribution is -2.66. The molecule has 0 unspecified atom stereocenters. The summed E-state index contributed by atoms with van der Waals surface area (Å²) >= 11 is 0. The minimum Gasteiger partial charge on any atom is -0.427 e. The summed E-state index contributed by atoms with van der Waals surface area (Å²) in [4.78, 5) is 81.7. The lowest BCUT2D eigenvalue weighted by Gasteiger charge is -2.54. The van der Waals surface area contributed by atoms with Crippen LogP contribution in [-0.2, 0) is 42.8 Å². The van der Waals surface area contributed by atoms with Crippen LogP contribution < -0.4 is 21.3 Å². The first-order chi connectivity index (χ1) is 30.0. The highest BCUT2D eigenvalue weighted by atomic mass is 16.8. The number of rotatable bonds is 17. The van der Waals surface area contributed by atoms with Crippen molar-refractivity contribution in [2.75, 3.05) is 42.3 Å². The van der Waals surface area contributed by atoms with Gasteiger partial charge in [0.2, 0.25) is 0 Å². The fourth-order valence-electron chi connectivity index (χ4n) is 9.29. The second kappa shape index (κ2) is 22.7. The molecular weight excluding hydrogens is 853 g/mol. The highest BCUT2D eigenvalue weighted by molar-refractivity contribution is 5.91. The van der Waals surface area contributed by atoms with Gasteiger partial charge in [-0.2, -0.15) is 0 Å². The van der Waals surface area contributed by atoms with Crippen LogP contribution in [0, 0.1) is 16.2 Å². The zero-order valence-corrected chi connectivity index (χ0v) is 44.2. The Morgan fingerprint density at radius 3 is 0.848 bits per heavy atom. The van der Waals surface area contributed by atoms with Gasteiger partial charge in [-0.05, 0) is 144 Å². The Morgan fingerprint density at radius 1 is 0.424 bits per heavy atom. The lowest BCUT2D eigenvalue weighted by molar-refractivity contribution is -0.223. The number of ether oxygens (including phenoxy) is 6. The molecule has 380 valence electrons. The number of Topliss-reactive ketones (excluding diaryl/α,β-unsaturated/α-hetero) is 3. The van der Waals surface area contributed by atoms with E-state index in [9.17, 15) is 28.8 Å². The number of hydrogen-bond acceptors (Lipinski definition) is 16. The molecule has 3 aliphatic heterocycles. The summed E-state index contributed by atoms with van der Waals surface area (Å²) in [5, 5.41) is 12.3. The number of cyclic esters (lactones) is 6. The predicted octanol–water partition coefficient (Wildman–Crippen LogP) is 7.63. The van der Waals surface area contributed by atoms with Crippen LogP contribution in [0.1, 0.15) is 162 Å². The number of carbonyl (C=O) groups is 6. The standard InChI is InChI=1S/C16H30N2O4.2C16H28N2O4/c3*1-14(2)16(5,15(3,4)22-13(20)21-14)11(19)9-8-10-12(17-6)18-7/h12,17-18H,8-10H2,1-7H3;2*8-10H2,1-7H3,(H,17,18). The summed E-state index contributed by atoms with van der Waals surface area (Å²) in [6.07, 6.45) is 3.56. The van der Waals surface area contributed by atoms with Gasteiger partial charge in [0.15, 0.2) is 0 Å². The summed E-state index contributed by atoms with van der Waals surface area (Å²) < 4.78 is 31.8. The zero-order valence-electron chi connectivity index (χ0n) is 44.2. The van der Waals surface area contributed by atoms with Gasteiger partial charge >= 0.3 is 18.5 Å². The molecule has 18 nitrogen and oxygen atoms in total. The van der Waals surface area contributed by atoms with Crippen molar-refractivity contribution >= 4 is 47.5 Å². The van der Waals surface area contributed by atoms with Crippen molar-refractivity contribution in [3.8, 4) is 0 Å². The number of nitrogens with zero attached hydrogens (tertiary/aromatic N) is 2. The third kappa shape index (κ3) is 12.6. The molecule has 3 rings (SSSR count). The van der Waals surface area contributed by atoms with Crippen LogP contribution >= 0.6 is 0 Å². The summed E-state index contributed by atoms with van der Waals surface area (Å²) in [5.74, 6) is 1.84. The van der Waals surface area contributed by atoms with E-state index < -0.39 is 68.3 Å². The molecule has 0 aromatic rings. The third-order valence-electron chi connectivity index (χ3n) is 15.3. The molecule has 4 N–H and O–H groups in total. The van der Waals surface area contributed by atoms with Crippen molar-refractivity contribution in [2.45, 2.75) is 201 Å². The van der Waals surface area contributed by atoms with Crippen molar-refractivity contribution in [3.05, 3.63) is 0 Å². The number of ketones is 3. The molecular formula is C48H86N6O12. The number of aliphatic imine (C=N–C) groups is 2. The lowest BCUT2D eigenvalue weighted by atomic mass is 9.61. The second-order valence-corrected chi connectivity index (χ2v) is 20.6. The zero-order chi connectivity index (χ0) is 51.5. The average Bonchev–Trinajstić information content (AvgIpc) is 3.18. The topological polar surface area (TPSA) is 231 Å². The highest BCUT2D eigenvalue weighted by Gasteiger charge is 2.66. The van der Waals surface area contributed by atoms with Crippen molar-refractivity contribution in [3.63, 3.8) is 0 Å². The first-order valence-electron chi connectivity index (χ1n) is 23.0. The smallest absolute Gasteiger partial charge is 0.427 e. The maximum Gasteiger partial charge on any atom is 0.509 e. The van der Waals surface area contributed by atoms with E-state index in [4.69, 9.17) is 28.4 Å². The molecule has 0 amide bonds. The van der Waals surface area contributed by atoms with Crippen LogP contribution in [0.4, 0.5) is 14.4 Å². The van der Waals surface area contributed by atoms with Crippen molar-refractivity contribution in [1.29, 1.82) is 0 Å². The fourth-order valence-corrected chi connectivity index (χ4v) is 9.29. The molecule has 3 saturated heterocycles. The molecule has 0 aromatic carbocycles. The van der Waals surface area contributed by atoms with Crippen LogP contribution in [0.3, 0.4) is 0 Å². The van der Waals surface area contributed by atoms with Gasteiger partial charge in [0.25, 0.3) is 0 Å². The van der Waals surface area contributed by atoms with Crippen molar-refractivity contribution < 1.29 is 57.2 Å². The summed E-state index contributed by atoms with van der Waals surface area (Å²) in [6.45, 7) is 26.7. The van der Waals surface area contributed by atoms with Crippen molar-refractivity contribution in [1.82, 2.24) is 21.3 Å². The van der Waals surface area contributed by atoms with E-state index in [1.165, 1.54) is 0 Å². The molecule has 0 aromatic heterocycles. The van der Waals surface area contributed by atoms with Gasteiger partial charge < -0.3 is 49.7 Å². The number of amidine groups is 2. The largest absolute Gasteiger partial charge is 0.509 e. The Hall–Kier alpha value is -4.32. The van der Waals surface area contributed by atoms with E-state index in [0.29, 0.717) is 44.9 Å². The molecule has 18 heteroatoms. The molecule has 3 fully saturated rings. The van der Waals surface area contributed by atoms with Gasteiger partial charge in [0.05, 0.1) is 17.8 Å². The minimum absolute atomic E-state index is 0.0292. The number of nitrogens with one attached hydrogen (secondary N) is 4. The van der Waals surface area contributed by atoms with Gasteiger partial charge in [-0.3, -0.25) is 24.4 Å². The van der Waals surface area contributed by atoms with Gasteiger partial charge in [-0.25, -0.2) is 14.4 Å². The monoisotopic (exact) mass is 939 g/mol. The maximum absolute atomic E-state index is 12.9. The van der Waals surface area contributed by atoms with Crippen LogP contribution in [0.5, 0.6) is 0 Å². The molecule has 0 spiro atoms. The van der Waals surface area contributed by atoms with E-state index in [1.807, 2.05) is 49.0 Å². The minimum atomic E-state index is -0.923. The molecule has 0 saturated carbocycles. The maximum atomic E-state index is 12.9. The molecule has 66 heavy (non-hydrogen) atoms. The van der Waals surface area contributed by atoms with E-state index in [0.717, 1.165) is 24.5 Å². The van der Waals surface area contributed by atoms with Crippen LogP contribution in [-0.4, -0.2) is 130 Å². The summed E-state index contributed by atoms with van der Waals surface area (Å²) in [5.41, 5.74) is -8.25. The first kappa shape index (κ1) is 59.7. The van der Waals surface area contributed by atoms with Crippen LogP contribution in [0.2, 0.25) is 0 Å². The van der Waals surface area contributed by atoms with E-state index >= 15 is 0 Å². The Labute approximate surface area is 395 Å². The molecule has 3 aliphatic rings. The van der Waals surface area contributed by atoms with E-state index in [-0.39, 0.29) is 23.5 Å². The molecule has 0 radical (unpaired) electrons. The van der Waals surface area contributed by atoms with Crippen molar-refractivity contribution in [2.24, 2.45) is 26.2 Å². The van der Waals surface area contributed by atoms with Gasteiger partial charge in [-0.1, -0.05) is 0 Å². The normalized spacial score (nSPS) is 22.4. The predicted molar refractivity (Wildman–Crippen MR) is 255 cm³/mol. The number of carbonyl (C=O) groups excluding carboxylic acids is 6. The van der Waals surface area contributed by atoms with Gasteiger partial charge in [0.1, 0.15) is 67.2 Å². The van der Waals surface area contributed by atoms with E-state index in [1.54, 1.807) is 97.2 Å². The Bertz CT molecular complexity index is 1650. The number of hydrogen-bond donors (Lipinski definition) is 4. The quantitative estimate of drug-likeness (QED) is 0.0361. The highest BCUT2D eigenvalue weighted by Crippen LogP contribution is 2.53. The molecule has 0 bridgehead atoms. The molecule has 0 atom stereocenters. The van der Waals surface area contributed by atoms with Crippen LogP contribution in [0.15, 0.2) is 9.98 Å². The molecule has 3 heterocycles. The van der Waals surface area contributed by atoms with Gasteiger partial charge in [0, 0.05) is 60.3 Å².